The summed E-state index contributed by atoms with van der Waals surface area (Å²) in [6, 6.07) is 5.16. The van der Waals surface area contributed by atoms with Crippen molar-refractivity contribution in [3.8, 4) is 0 Å². The number of H-pyrrole nitrogens is 1. The van der Waals surface area contributed by atoms with Crippen molar-refractivity contribution in [2.24, 2.45) is 0 Å². The van der Waals surface area contributed by atoms with Crippen LogP contribution < -0.4 is 10.2 Å². The van der Waals surface area contributed by atoms with E-state index in [2.05, 4.69) is 27.1 Å². The molecule has 0 bridgehead atoms. The minimum absolute atomic E-state index is 0.228. The zero-order valence-corrected chi connectivity index (χ0v) is 11.8. The number of rotatable bonds is 4. The molecule has 0 saturated carbocycles. The highest BCUT2D eigenvalue weighted by Crippen LogP contribution is 2.22. The molecular formula is C15H21FN4. The quantitative estimate of drug-likeness (QED) is 0.902. The molecule has 1 saturated heterocycles. The van der Waals surface area contributed by atoms with E-state index < -0.39 is 0 Å². The van der Waals surface area contributed by atoms with Crippen LogP contribution >= 0.6 is 0 Å². The molecule has 2 heterocycles. The second-order valence-electron chi connectivity index (χ2n) is 5.42. The van der Waals surface area contributed by atoms with E-state index in [1.165, 1.54) is 25.0 Å². The van der Waals surface area contributed by atoms with Gasteiger partial charge in [-0.3, -0.25) is 0 Å². The summed E-state index contributed by atoms with van der Waals surface area (Å²) in [4.78, 5) is 10.2. The standard InChI is InChI=1S/C15H21FN4/c1-2-8-20(12-4-3-7-17-10-12)15-18-13-6-5-11(16)9-14(13)19-15/h5-6,9,12,17H,2-4,7-8,10H2,1H3,(H,18,19). The van der Waals surface area contributed by atoms with E-state index >= 15 is 0 Å². The van der Waals surface area contributed by atoms with Crippen molar-refractivity contribution >= 4 is 17.0 Å². The summed E-state index contributed by atoms with van der Waals surface area (Å²) in [5, 5.41) is 3.44. The van der Waals surface area contributed by atoms with Crippen molar-refractivity contribution in [2.45, 2.75) is 32.2 Å². The van der Waals surface area contributed by atoms with Gasteiger partial charge in [-0.25, -0.2) is 9.37 Å². The van der Waals surface area contributed by atoms with Gasteiger partial charge in [0.1, 0.15) is 5.82 Å². The van der Waals surface area contributed by atoms with Gasteiger partial charge < -0.3 is 15.2 Å². The Bertz CT molecular complexity index is 574. The third-order valence-corrected chi connectivity index (χ3v) is 3.88. The number of anilines is 1. The SMILES string of the molecule is CCCN(c1nc2ccc(F)cc2[nH]1)C1CCCNC1. The lowest BCUT2D eigenvalue weighted by Gasteiger charge is -2.34. The first-order chi connectivity index (χ1) is 9.78. The van der Waals surface area contributed by atoms with E-state index in [-0.39, 0.29) is 5.82 Å². The maximum atomic E-state index is 13.3. The minimum Gasteiger partial charge on any atom is -0.338 e. The average Bonchev–Trinajstić information content (AvgIpc) is 2.88. The molecule has 1 aromatic carbocycles. The third kappa shape index (κ3) is 2.63. The summed E-state index contributed by atoms with van der Waals surface area (Å²) in [7, 11) is 0. The lowest BCUT2D eigenvalue weighted by atomic mass is 10.1. The monoisotopic (exact) mass is 276 g/mol. The first kappa shape index (κ1) is 13.4. The molecule has 4 nitrogen and oxygen atoms in total. The number of nitrogens with one attached hydrogen (secondary N) is 2. The highest BCUT2D eigenvalue weighted by atomic mass is 19.1. The molecular weight excluding hydrogens is 255 g/mol. The van der Waals surface area contributed by atoms with E-state index in [0.29, 0.717) is 6.04 Å². The molecule has 108 valence electrons. The molecule has 0 radical (unpaired) electrons. The van der Waals surface area contributed by atoms with Crippen molar-refractivity contribution in [3.63, 3.8) is 0 Å². The first-order valence-corrected chi connectivity index (χ1v) is 7.40. The Labute approximate surface area is 118 Å². The zero-order chi connectivity index (χ0) is 13.9. The van der Waals surface area contributed by atoms with Crippen LogP contribution in [0, 0.1) is 5.82 Å². The van der Waals surface area contributed by atoms with Crippen LogP contribution in [-0.2, 0) is 0 Å². The van der Waals surface area contributed by atoms with Crippen molar-refractivity contribution in [1.29, 1.82) is 0 Å². The van der Waals surface area contributed by atoms with Crippen LogP contribution in [0.1, 0.15) is 26.2 Å². The smallest absolute Gasteiger partial charge is 0.204 e. The molecule has 5 heteroatoms. The van der Waals surface area contributed by atoms with Crippen LogP contribution in [0.3, 0.4) is 0 Å². The number of nitrogens with zero attached hydrogens (tertiary/aromatic N) is 2. The molecule has 1 unspecified atom stereocenters. The van der Waals surface area contributed by atoms with Crippen LogP contribution in [0.5, 0.6) is 0 Å². The molecule has 1 atom stereocenters. The molecule has 2 aromatic rings. The van der Waals surface area contributed by atoms with Gasteiger partial charge in [0.15, 0.2) is 0 Å². The Morgan fingerprint density at radius 2 is 2.35 bits per heavy atom. The maximum Gasteiger partial charge on any atom is 0.204 e. The molecule has 0 spiro atoms. The van der Waals surface area contributed by atoms with Gasteiger partial charge in [0.2, 0.25) is 5.95 Å². The molecule has 0 aliphatic carbocycles. The number of aromatic nitrogens is 2. The van der Waals surface area contributed by atoms with Crippen LogP contribution in [0.4, 0.5) is 10.3 Å². The summed E-state index contributed by atoms with van der Waals surface area (Å²) >= 11 is 0. The fraction of sp³-hybridized carbons (Fsp3) is 0.533. The first-order valence-electron chi connectivity index (χ1n) is 7.40. The lowest BCUT2D eigenvalue weighted by Crippen LogP contribution is -2.47. The maximum absolute atomic E-state index is 13.3. The predicted octanol–water partition coefficient (Wildman–Crippen LogP) is 2.67. The van der Waals surface area contributed by atoms with Gasteiger partial charge in [-0.1, -0.05) is 6.92 Å². The molecule has 1 aliphatic rings. The lowest BCUT2D eigenvalue weighted by molar-refractivity contribution is 0.427. The van der Waals surface area contributed by atoms with Gasteiger partial charge in [-0.15, -0.1) is 0 Å². The van der Waals surface area contributed by atoms with E-state index in [1.54, 1.807) is 6.07 Å². The van der Waals surface area contributed by atoms with Gasteiger partial charge in [-0.05, 0) is 44.0 Å². The highest BCUT2D eigenvalue weighted by molar-refractivity contribution is 5.77. The average molecular weight is 276 g/mol. The second kappa shape index (κ2) is 5.79. The van der Waals surface area contributed by atoms with Crippen LogP contribution in [-0.4, -0.2) is 35.6 Å². The Kier molecular flexibility index (Phi) is 3.87. The predicted molar refractivity (Wildman–Crippen MR) is 79.6 cm³/mol. The van der Waals surface area contributed by atoms with Crippen molar-refractivity contribution in [3.05, 3.63) is 24.0 Å². The highest BCUT2D eigenvalue weighted by Gasteiger charge is 2.22. The molecule has 1 aromatic heterocycles. The van der Waals surface area contributed by atoms with Gasteiger partial charge in [0.25, 0.3) is 0 Å². The van der Waals surface area contributed by atoms with Crippen LogP contribution in [0.2, 0.25) is 0 Å². The number of aromatic amines is 1. The van der Waals surface area contributed by atoms with Crippen molar-refractivity contribution < 1.29 is 4.39 Å². The van der Waals surface area contributed by atoms with Gasteiger partial charge in [0.05, 0.1) is 11.0 Å². The Hall–Kier alpha value is -1.62. The van der Waals surface area contributed by atoms with Gasteiger partial charge in [-0.2, -0.15) is 0 Å². The normalized spacial score (nSPS) is 19.4. The number of benzene rings is 1. The van der Waals surface area contributed by atoms with Gasteiger partial charge >= 0.3 is 0 Å². The summed E-state index contributed by atoms with van der Waals surface area (Å²) in [6.45, 7) is 5.23. The molecule has 3 rings (SSSR count). The summed E-state index contributed by atoms with van der Waals surface area (Å²) in [5.41, 5.74) is 1.59. The minimum atomic E-state index is -0.228. The summed E-state index contributed by atoms with van der Waals surface area (Å²) in [5.74, 6) is 0.634. The zero-order valence-electron chi connectivity index (χ0n) is 11.8. The van der Waals surface area contributed by atoms with E-state index in [9.17, 15) is 4.39 Å². The Morgan fingerprint density at radius 1 is 1.45 bits per heavy atom. The number of imidazole rings is 1. The van der Waals surface area contributed by atoms with E-state index in [4.69, 9.17) is 0 Å². The van der Waals surface area contributed by atoms with Crippen molar-refractivity contribution in [1.82, 2.24) is 15.3 Å². The van der Waals surface area contributed by atoms with E-state index in [1.807, 2.05) is 0 Å². The fourth-order valence-corrected chi connectivity index (χ4v) is 2.91. The van der Waals surface area contributed by atoms with E-state index in [0.717, 1.165) is 43.0 Å². The largest absolute Gasteiger partial charge is 0.338 e. The topological polar surface area (TPSA) is 44.0 Å². The fourth-order valence-electron chi connectivity index (χ4n) is 2.91. The van der Waals surface area contributed by atoms with Crippen molar-refractivity contribution in [2.75, 3.05) is 24.5 Å². The number of hydrogen-bond donors (Lipinski definition) is 2. The summed E-state index contributed by atoms with van der Waals surface area (Å²) < 4.78 is 13.3. The number of piperidine rings is 1. The molecule has 0 amide bonds. The molecule has 20 heavy (non-hydrogen) atoms. The third-order valence-electron chi connectivity index (χ3n) is 3.88. The van der Waals surface area contributed by atoms with Crippen LogP contribution in [0.25, 0.3) is 11.0 Å². The van der Waals surface area contributed by atoms with Gasteiger partial charge in [0, 0.05) is 19.1 Å². The van der Waals surface area contributed by atoms with Crippen LogP contribution in [0.15, 0.2) is 18.2 Å². The number of fused-ring (bicyclic) bond motifs is 1. The Balaban J connectivity index is 1.91. The number of halogens is 1. The summed E-state index contributed by atoms with van der Waals surface area (Å²) in [6.07, 6.45) is 3.44. The molecule has 2 N–H and O–H groups in total. The Morgan fingerprint density at radius 3 is 3.10 bits per heavy atom. The number of hydrogen-bond acceptors (Lipinski definition) is 3. The second-order valence-corrected chi connectivity index (χ2v) is 5.42. The molecule has 1 fully saturated rings. The molecule has 1 aliphatic heterocycles.